The zero-order valence-electron chi connectivity index (χ0n) is 7.62. The van der Waals surface area contributed by atoms with Gasteiger partial charge in [0.05, 0.1) is 12.7 Å². The Morgan fingerprint density at radius 1 is 1.75 bits per heavy atom. The lowest BCUT2D eigenvalue weighted by molar-refractivity contribution is -0.150. The minimum atomic E-state index is -0.549. The maximum Gasteiger partial charge on any atom is 0.163 e. The SMILES string of the molecule is C=CCC(O)C1COC(C)(C)O1. The highest BCUT2D eigenvalue weighted by Crippen LogP contribution is 2.24. The van der Waals surface area contributed by atoms with Crippen molar-refractivity contribution in [1.29, 1.82) is 0 Å². The third-order valence-corrected chi connectivity index (χ3v) is 1.87. The van der Waals surface area contributed by atoms with Gasteiger partial charge in [-0.15, -0.1) is 6.58 Å². The molecular weight excluding hydrogens is 156 g/mol. The molecule has 0 aromatic carbocycles. The van der Waals surface area contributed by atoms with E-state index in [1.165, 1.54) is 0 Å². The van der Waals surface area contributed by atoms with E-state index in [9.17, 15) is 5.11 Å². The number of hydrogen-bond acceptors (Lipinski definition) is 3. The molecule has 1 aliphatic heterocycles. The molecule has 0 spiro atoms. The highest BCUT2D eigenvalue weighted by molar-refractivity contribution is 4.82. The van der Waals surface area contributed by atoms with E-state index in [4.69, 9.17) is 9.47 Å². The fourth-order valence-corrected chi connectivity index (χ4v) is 1.23. The molecule has 3 heteroatoms. The number of hydrogen-bond donors (Lipinski definition) is 1. The van der Waals surface area contributed by atoms with Crippen molar-refractivity contribution in [3.63, 3.8) is 0 Å². The standard InChI is InChI=1S/C9H16O3/c1-4-5-7(10)8-6-11-9(2,3)12-8/h4,7-8,10H,1,5-6H2,2-3H3. The van der Waals surface area contributed by atoms with E-state index in [2.05, 4.69) is 6.58 Å². The molecule has 1 saturated heterocycles. The summed E-state index contributed by atoms with van der Waals surface area (Å²) in [4.78, 5) is 0. The molecule has 1 fully saturated rings. The average molecular weight is 172 g/mol. The van der Waals surface area contributed by atoms with Crippen LogP contribution in [0, 0.1) is 0 Å². The molecule has 12 heavy (non-hydrogen) atoms. The molecule has 1 aliphatic rings. The topological polar surface area (TPSA) is 38.7 Å². The summed E-state index contributed by atoms with van der Waals surface area (Å²) in [5, 5.41) is 9.50. The van der Waals surface area contributed by atoms with Crippen LogP contribution in [0.1, 0.15) is 20.3 Å². The second-order valence-electron chi connectivity index (χ2n) is 3.46. The van der Waals surface area contributed by atoms with E-state index >= 15 is 0 Å². The summed E-state index contributed by atoms with van der Waals surface area (Å²) < 4.78 is 10.7. The Labute approximate surface area is 73.0 Å². The lowest BCUT2D eigenvalue weighted by Crippen LogP contribution is -2.30. The Bertz CT molecular complexity index is 165. The first kappa shape index (κ1) is 9.71. The van der Waals surface area contributed by atoms with Gasteiger partial charge in [0.25, 0.3) is 0 Å². The van der Waals surface area contributed by atoms with Gasteiger partial charge in [-0.3, -0.25) is 0 Å². The third-order valence-electron chi connectivity index (χ3n) is 1.87. The van der Waals surface area contributed by atoms with E-state index in [0.29, 0.717) is 13.0 Å². The van der Waals surface area contributed by atoms with Crippen LogP contribution in [-0.4, -0.2) is 29.7 Å². The van der Waals surface area contributed by atoms with Gasteiger partial charge in [0.1, 0.15) is 6.10 Å². The Morgan fingerprint density at radius 2 is 2.42 bits per heavy atom. The molecule has 0 bridgehead atoms. The van der Waals surface area contributed by atoms with Crippen LogP contribution in [0.2, 0.25) is 0 Å². The molecular formula is C9H16O3. The minimum absolute atomic E-state index is 0.210. The van der Waals surface area contributed by atoms with E-state index < -0.39 is 11.9 Å². The van der Waals surface area contributed by atoms with Crippen LogP contribution < -0.4 is 0 Å². The quantitative estimate of drug-likeness (QED) is 0.647. The van der Waals surface area contributed by atoms with E-state index in [1.54, 1.807) is 6.08 Å². The van der Waals surface area contributed by atoms with Gasteiger partial charge in [0.2, 0.25) is 0 Å². The first-order valence-corrected chi connectivity index (χ1v) is 4.16. The van der Waals surface area contributed by atoms with Gasteiger partial charge >= 0.3 is 0 Å². The zero-order valence-corrected chi connectivity index (χ0v) is 7.62. The van der Waals surface area contributed by atoms with Crippen LogP contribution >= 0.6 is 0 Å². The second kappa shape index (κ2) is 3.56. The first-order valence-electron chi connectivity index (χ1n) is 4.16. The summed E-state index contributed by atoms with van der Waals surface area (Å²) in [6.45, 7) is 7.69. The zero-order chi connectivity index (χ0) is 9.19. The van der Waals surface area contributed by atoms with E-state index in [0.717, 1.165) is 0 Å². The molecule has 1 N–H and O–H groups in total. The van der Waals surface area contributed by atoms with Gasteiger partial charge in [-0.1, -0.05) is 6.08 Å². The molecule has 0 amide bonds. The van der Waals surface area contributed by atoms with Gasteiger partial charge in [-0.25, -0.2) is 0 Å². The fraction of sp³-hybridized carbons (Fsp3) is 0.778. The van der Waals surface area contributed by atoms with Gasteiger partial charge in [0, 0.05) is 0 Å². The first-order chi connectivity index (χ1) is 5.55. The van der Waals surface area contributed by atoms with Crippen molar-refractivity contribution in [3.8, 4) is 0 Å². The Hall–Kier alpha value is -0.380. The van der Waals surface area contributed by atoms with Gasteiger partial charge < -0.3 is 14.6 Å². The monoisotopic (exact) mass is 172 g/mol. The lowest BCUT2D eigenvalue weighted by atomic mass is 10.1. The molecule has 3 nitrogen and oxygen atoms in total. The molecule has 2 unspecified atom stereocenters. The fourth-order valence-electron chi connectivity index (χ4n) is 1.23. The number of aliphatic hydroxyl groups is 1. The van der Waals surface area contributed by atoms with Crippen LogP contribution in [0.15, 0.2) is 12.7 Å². The minimum Gasteiger partial charge on any atom is -0.390 e. The normalized spacial score (nSPS) is 30.1. The van der Waals surface area contributed by atoms with Gasteiger partial charge in [0.15, 0.2) is 5.79 Å². The summed E-state index contributed by atoms with van der Waals surface area (Å²) in [6, 6.07) is 0. The summed E-state index contributed by atoms with van der Waals surface area (Å²) in [7, 11) is 0. The van der Waals surface area contributed by atoms with Gasteiger partial charge in [-0.05, 0) is 20.3 Å². The van der Waals surface area contributed by atoms with Crippen molar-refractivity contribution in [3.05, 3.63) is 12.7 Å². The van der Waals surface area contributed by atoms with E-state index in [-0.39, 0.29) is 6.10 Å². The highest BCUT2D eigenvalue weighted by atomic mass is 16.7. The summed E-state index contributed by atoms with van der Waals surface area (Å²) >= 11 is 0. The average Bonchev–Trinajstić information content (AvgIpc) is 2.31. The van der Waals surface area contributed by atoms with Crippen LogP contribution in [0.5, 0.6) is 0 Å². The maximum absolute atomic E-state index is 9.50. The van der Waals surface area contributed by atoms with Crippen LogP contribution in [0.4, 0.5) is 0 Å². The van der Waals surface area contributed by atoms with Crippen LogP contribution in [0.3, 0.4) is 0 Å². The smallest absolute Gasteiger partial charge is 0.163 e. The number of ether oxygens (including phenoxy) is 2. The number of aliphatic hydroxyl groups excluding tert-OH is 1. The predicted octanol–water partition coefficient (Wildman–Crippen LogP) is 1.07. The summed E-state index contributed by atoms with van der Waals surface area (Å²) in [5.41, 5.74) is 0. The molecule has 1 heterocycles. The van der Waals surface area contributed by atoms with Crippen molar-refractivity contribution in [2.24, 2.45) is 0 Å². The van der Waals surface area contributed by atoms with E-state index in [1.807, 2.05) is 13.8 Å². The van der Waals surface area contributed by atoms with Crippen molar-refractivity contribution in [2.45, 2.75) is 38.3 Å². The van der Waals surface area contributed by atoms with Gasteiger partial charge in [-0.2, -0.15) is 0 Å². The van der Waals surface area contributed by atoms with Crippen LogP contribution in [-0.2, 0) is 9.47 Å². The number of rotatable bonds is 3. The molecule has 0 aromatic heterocycles. The van der Waals surface area contributed by atoms with Crippen molar-refractivity contribution in [2.75, 3.05) is 6.61 Å². The largest absolute Gasteiger partial charge is 0.390 e. The summed E-state index contributed by atoms with van der Waals surface area (Å²) in [5.74, 6) is -0.549. The molecule has 0 aromatic rings. The van der Waals surface area contributed by atoms with Crippen molar-refractivity contribution in [1.82, 2.24) is 0 Å². The molecule has 1 rings (SSSR count). The molecule has 70 valence electrons. The maximum atomic E-state index is 9.50. The Balaban J connectivity index is 2.40. The highest BCUT2D eigenvalue weighted by Gasteiger charge is 2.36. The molecule has 0 aliphatic carbocycles. The Morgan fingerprint density at radius 3 is 2.83 bits per heavy atom. The second-order valence-corrected chi connectivity index (χ2v) is 3.46. The van der Waals surface area contributed by atoms with Crippen molar-refractivity contribution >= 4 is 0 Å². The third kappa shape index (κ3) is 2.30. The molecule has 0 radical (unpaired) electrons. The Kier molecular flexibility index (Phi) is 2.88. The molecule has 0 saturated carbocycles. The lowest BCUT2D eigenvalue weighted by Gasteiger charge is -2.19. The van der Waals surface area contributed by atoms with Crippen LogP contribution in [0.25, 0.3) is 0 Å². The van der Waals surface area contributed by atoms with Crippen molar-refractivity contribution < 1.29 is 14.6 Å². The molecule has 2 atom stereocenters. The summed E-state index contributed by atoms with van der Waals surface area (Å²) in [6.07, 6.45) is 1.52. The predicted molar refractivity (Wildman–Crippen MR) is 45.7 cm³/mol.